The van der Waals surface area contributed by atoms with Crippen molar-refractivity contribution < 1.29 is 18.3 Å². The number of ether oxygens (including phenoxy) is 1. The molecule has 1 saturated heterocycles. The first-order valence-corrected chi connectivity index (χ1v) is 10.3. The van der Waals surface area contributed by atoms with Crippen molar-refractivity contribution in [2.75, 3.05) is 32.8 Å². The molecule has 0 saturated carbocycles. The Kier molecular flexibility index (Phi) is 6.16. The number of halogens is 1. The number of hydrogen-bond donors (Lipinski definition) is 1. The molecule has 0 spiro atoms. The number of amides is 1. The Morgan fingerprint density at radius 2 is 1.87 bits per heavy atom. The van der Waals surface area contributed by atoms with Crippen molar-refractivity contribution in [3.05, 3.63) is 70.7 Å². The number of rotatable bonds is 6. The molecule has 158 valence electrons. The molecule has 3 aromatic rings. The summed E-state index contributed by atoms with van der Waals surface area (Å²) in [6.07, 6.45) is 1.94. The minimum Gasteiger partial charge on any atom is -0.464 e. The highest BCUT2D eigenvalue weighted by Crippen LogP contribution is 2.27. The van der Waals surface area contributed by atoms with E-state index in [-0.39, 0.29) is 24.2 Å². The zero-order valence-electron chi connectivity index (χ0n) is 17.4. The summed E-state index contributed by atoms with van der Waals surface area (Å²) < 4.78 is 24.6. The van der Waals surface area contributed by atoms with E-state index < -0.39 is 0 Å². The van der Waals surface area contributed by atoms with Crippen molar-refractivity contribution in [1.29, 1.82) is 0 Å². The Labute approximate surface area is 175 Å². The van der Waals surface area contributed by atoms with Crippen LogP contribution in [-0.2, 0) is 16.0 Å². The van der Waals surface area contributed by atoms with Gasteiger partial charge in [-0.1, -0.05) is 24.3 Å². The van der Waals surface area contributed by atoms with E-state index in [4.69, 9.17) is 9.15 Å². The predicted molar refractivity (Wildman–Crippen MR) is 114 cm³/mol. The zero-order valence-corrected chi connectivity index (χ0v) is 17.4. The van der Waals surface area contributed by atoms with Crippen molar-refractivity contribution in [3.63, 3.8) is 0 Å². The standard InChI is InChI=1S/C24H27FN2O3/c1-16-3-8-21-19(15-30-24(21)17(16)2)13-23(28)26-14-22(27-9-11-29-12-10-27)18-4-6-20(25)7-5-18/h3-8,15,22H,9-14H2,1-2H3,(H,26,28)/t22-/m0/s1. The molecule has 0 radical (unpaired) electrons. The third-order valence-corrected chi connectivity index (χ3v) is 5.93. The van der Waals surface area contributed by atoms with Gasteiger partial charge in [-0.15, -0.1) is 0 Å². The number of nitrogens with zero attached hydrogens (tertiary/aromatic N) is 1. The van der Waals surface area contributed by atoms with Crippen molar-refractivity contribution in [1.82, 2.24) is 10.2 Å². The lowest BCUT2D eigenvalue weighted by atomic mass is 10.0. The van der Waals surface area contributed by atoms with Crippen molar-refractivity contribution >= 4 is 16.9 Å². The summed E-state index contributed by atoms with van der Waals surface area (Å²) in [5, 5.41) is 4.05. The van der Waals surface area contributed by atoms with E-state index in [1.165, 1.54) is 17.7 Å². The summed E-state index contributed by atoms with van der Waals surface area (Å²) in [6.45, 7) is 7.41. The second kappa shape index (κ2) is 8.98. The molecular weight excluding hydrogens is 383 g/mol. The minimum absolute atomic E-state index is 0.0237. The molecule has 0 unspecified atom stereocenters. The molecule has 1 amide bonds. The SMILES string of the molecule is Cc1ccc2c(CC(=O)NC[C@@H](c3ccc(F)cc3)N3CCOCC3)coc2c1C. The summed E-state index contributed by atoms with van der Waals surface area (Å²) in [5.74, 6) is -0.322. The highest BCUT2D eigenvalue weighted by atomic mass is 19.1. The van der Waals surface area contributed by atoms with E-state index in [1.54, 1.807) is 18.4 Å². The van der Waals surface area contributed by atoms with Gasteiger partial charge < -0.3 is 14.5 Å². The summed E-state index contributed by atoms with van der Waals surface area (Å²) in [4.78, 5) is 15.0. The maximum Gasteiger partial charge on any atom is 0.224 e. The van der Waals surface area contributed by atoms with E-state index in [9.17, 15) is 9.18 Å². The van der Waals surface area contributed by atoms with Crippen LogP contribution in [0.4, 0.5) is 4.39 Å². The van der Waals surface area contributed by atoms with E-state index in [2.05, 4.69) is 16.3 Å². The van der Waals surface area contributed by atoms with Gasteiger partial charge >= 0.3 is 0 Å². The first-order chi connectivity index (χ1) is 14.5. The molecule has 2 heterocycles. The van der Waals surface area contributed by atoms with Crippen LogP contribution in [0.3, 0.4) is 0 Å². The molecule has 0 bridgehead atoms. The number of furan rings is 1. The molecule has 1 aromatic heterocycles. The fraction of sp³-hybridized carbons (Fsp3) is 0.375. The molecule has 1 fully saturated rings. The summed E-state index contributed by atoms with van der Waals surface area (Å²) >= 11 is 0. The molecule has 1 aliphatic heterocycles. The summed E-state index contributed by atoms with van der Waals surface area (Å²) in [6, 6.07) is 10.5. The highest BCUT2D eigenvalue weighted by Gasteiger charge is 2.23. The van der Waals surface area contributed by atoms with Crippen LogP contribution in [0.2, 0.25) is 0 Å². The lowest BCUT2D eigenvalue weighted by Crippen LogP contribution is -2.44. The number of nitrogens with one attached hydrogen (secondary N) is 1. The molecule has 30 heavy (non-hydrogen) atoms. The average Bonchev–Trinajstić information content (AvgIpc) is 3.16. The first-order valence-electron chi connectivity index (χ1n) is 10.3. The lowest BCUT2D eigenvalue weighted by Gasteiger charge is -2.35. The molecule has 0 aliphatic carbocycles. The third kappa shape index (κ3) is 4.40. The van der Waals surface area contributed by atoms with Crippen molar-refractivity contribution in [3.8, 4) is 0 Å². The Balaban J connectivity index is 1.46. The highest BCUT2D eigenvalue weighted by molar-refractivity contribution is 5.89. The second-order valence-corrected chi connectivity index (χ2v) is 7.84. The van der Waals surface area contributed by atoms with Crippen LogP contribution in [-0.4, -0.2) is 43.7 Å². The number of aryl methyl sites for hydroxylation is 2. The number of carbonyl (C=O) groups is 1. The van der Waals surface area contributed by atoms with Gasteiger partial charge in [0.2, 0.25) is 5.91 Å². The number of hydrogen-bond acceptors (Lipinski definition) is 4. The lowest BCUT2D eigenvalue weighted by molar-refractivity contribution is -0.120. The van der Waals surface area contributed by atoms with Crippen LogP contribution < -0.4 is 5.32 Å². The average molecular weight is 410 g/mol. The maximum absolute atomic E-state index is 13.4. The van der Waals surface area contributed by atoms with Crippen molar-refractivity contribution in [2.24, 2.45) is 0 Å². The van der Waals surface area contributed by atoms with Crippen LogP contribution in [0.15, 0.2) is 47.1 Å². The van der Waals surface area contributed by atoms with E-state index in [0.29, 0.717) is 19.8 Å². The summed E-state index contributed by atoms with van der Waals surface area (Å²) in [5.41, 5.74) is 4.98. The molecule has 1 atom stereocenters. The normalized spacial score (nSPS) is 16.0. The predicted octanol–water partition coefficient (Wildman–Crippen LogP) is 3.92. The Morgan fingerprint density at radius 1 is 1.13 bits per heavy atom. The molecular formula is C24H27FN2O3. The van der Waals surface area contributed by atoms with Crippen LogP contribution in [0.25, 0.3) is 11.0 Å². The topological polar surface area (TPSA) is 54.7 Å². The van der Waals surface area contributed by atoms with Gasteiger partial charge in [0, 0.05) is 30.6 Å². The van der Waals surface area contributed by atoms with E-state index in [0.717, 1.165) is 40.7 Å². The monoisotopic (exact) mass is 410 g/mol. The number of benzene rings is 2. The van der Waals surface area contributed by atoms with Crippen LogP contribution >= 0.6 is 0 Å². The van der Waals surface area contributed by atoms with Gasteiger partial charge in [-0.3, -0.25) is 9.69 Å². The van der Waals surface area contributed by atoms with Gasteiger partial charge in [0.05, 0.1) is 31.9 Å². The number of fused-ring (bicyclic) bond motifs is 1. The van der Waals surface area contributed by atoms with Crippen molar-refractivity contribution in [2.45, 2.75) is 26.3 Å². The minimum atomic E-state index is -0.263. The van der Waals surface area contributed by atoms with Gasteiger partial charge in [-0.25, -0.2) is 4.39 Å². The number of morpholine rings is 1. The molecule has 4 rings (SSSR count). The molecule has 2 aromatic carbocycles. The van der Waals surface area contributed by atoms with Gasteiger partial charge in [0.1, 0.15) is 11.4 Å². The van der Waals surface area contributed by atoms with Gasteiger partial charge in [-0.05, 0) is 42.7 Å². The Hall–Kier alpha value is -2.70. The molecule has 6 heteroatoms. The zero-order chi connectivity index (χ0) is 21.1. The summed E-state index contributed by atoms with van der Waals surface area (Å²) in [7, 11) is 0. The largest absolute Gasteiger partial charge is 0.464 e. The Morgan fingerprint density at radius 3 is 2.60 bits per heavy atom. The van der Waals surface area contributed by atoms with E-state index in [1.807, 2.05) is 19.9 Å². The fourth-order valence-corrected chi connectivity index (χ4v) is 4.00. The van der Waals surface area contributed by atoms with E-state index >= 15 is 0 Å². The molecule has 5 nitrogen and oxygen atoms in total. The van der Waals surface area contributed by atoms with Crippen LogP contribution in [0, 0.1) is 19.7 Å². The van der Waals surface area contributed by atoms with Gasteiger partial charge in [-0.2, -0.15) is 0 Å². The second-order valence-electron chi connectivity index (χ2n) is 7.84. The number of carbonyl (C=O) groups excluding carboxylic acids is 1. The van der Waals surface area contributed by atoms with Gasteiger partial charge in [0.15, 0.2) is 0 Å². The molecule has 1 N–H and O–H groups in total. The quantitative estimate of drug-likeness (QED) is 0.669. The molecule has 1 aliphatic rings. The van der Waals surface area contributed by atoms with Crippen LogP contribution in [0.5, 0.6) is 0 Å². The third-order valence-electron chi connectivity index (χ3n) is 5.93. The van der Waals surface area contributed by atoms with Crippen LogP contribution in [0.1, 0.15) is 28.3 Å². The van der Waals surface area contributed by atoms with Gasteiger partial charge in [0.25, 0.3) is 0 Å². The fourth-order valence-electron chi connectivity index (χ4n) is 4.00. The first kappa shape index (κ1) is 20.6. The smallest absolute Gasteiger partial charge is 0.224 e. The maximum atomic E-state index is 13.4. The Bertz CT molecular complexity index is 1020.